The predicted molar refractivity (Wildman–Crippen MR) is 14.6 cm³/mol. The molecule has 1 unspecified atom stereocenters. The van der Waals surface area contributed by atoms with Gasteiger partial charge >= 0.3 is 0 Å². The number of hydrogen-bond donors (Lipinski definition) is 1. The molecule has 0 amide bonds. The number of rotatable bonds is 0. The Balaban J connectivity index is 0. The van der Waals surface area contributed by atoms with E-state index in [2.05, 4.69) is 5.50 Å². The largest absolute Gasteiger partial charge is 0.314 e. The summed E-state index contributed by atoms with van der Waals surface area (Å²) >= 11 is 0. The maximum absolute atomic E-state index is 8.79. The van der Waals surface area contributed by atoms with Gasteiger partial charge in [0.1, 0.15) is 8.61 Å². The minimum atomic E-state index is -1.00. The van der Waals surface area contributed by atoms with Crippen LogP contribution in [0.15, 0.2) is 0 Å². The molecule has 0 aliphatic carbocycles. The molecule has 0 bridgehead atoms. The first-order valence-electron chi connectivity index (χ1n) is 0.569. The molecule has 1 radical (unpaired) electrons. The van der Waals surface area contributed by atoms with Gasteiger partial charge in [-0.15, -0.1) is 0 Å². The first kappa shape index (κ1) is 8.84. The van der Waals surface area contributed by atoms with Gasteiger partial charge in [0.05, 0.1) is 0 Å². The molecule has 29 valence electrons. The van der Waals surface area contributed by atoms with Crippen LogP contribution in [0.2, 0.25) is 0 Å². The average Bonchev–Trinajstić information content (AvgIpc) is 0.918. The van der Waals surface area contributed by atoms with E-state index in [1.807, 2.05) is 0 Å². The summed E-state index contributed by atoms with van der Waals surface area (Å²) in [4.78, 5) is 0. The molecule has 0 spiro atoms. The van der Waals surface area contributed by atoms with Crippen molar-refractivity contribution in [1.29, 1.82) is 0 Å². The van der Waals surface area contributed by atoms with Crippen LogP contribution in [0.4, 0.5) is 0 Å². The summed E-state index contributed by atoms with van der Waals surface area (Å²) in [5.41, 5.74) is 4.38. The van der Waals surface area contributed by atoms with Crippen LogP contribution in [0.1, 0.15) is 0 Å². The molecule has 4 heteroatoms. The SMILES string of the molecule is N[PH2]=O.[Rh]. The first-order chi connectivity index (χ1) is 1.41. The molecular weight excluding hydrogens is 164 g/mol. The van der Waals surface area contributed by atoms with Crippen LogP contribution in [0, 0.1) is 0 Å². The first-order valence-corrected chi connectivity index (χ1v) is 1.71. The Morgan fingerprint density at radius 2 is 1.75 bits per heavy atom. The van der Waals surface area contributed by atoms with Crippen LogP contribution >= 0.6 is 8.61 Å². The second-order valence-electron chi connectivity index (χ2n) is 0.136. The molecule has 0 saturated carbocycles. The van der Waals surface area contributed by atoms with Gasteiger partial charge in [-0.05, 0) is 0 Å². The Morgan fingerprint density at radius 3 is 1.75 bits per heavy atom. The van der Waals surface area contributed by atoms with Crippen molar-refractivity contribution in [2.75, 3.05) is 0 Å². The van der Waals surface area contributed by atoms with Crippen LogP contribution in [0.5, 0.6) is 0 Å². The second kappa shape index (κ2) is 9.18. The molecule has 0 heterocycles. The normalized spacial score (nSPS) is 7.25. The van der Waals surface area contributed by atoms with Crippen LogP contribution in [0.25, 0.3) is 0 Å². The van der Waals surface area contributed by atoms with Crippen LogP contribution in [0.3, 0.4) is 0 Å². The molecule has 0 aliphatic rings. The van der Waals surface area contributed by atoms with Gasteiger partial charge in [-0.1, -0.05) is 0 Å². The van der Waals surface area contributed by atoms with E-state index in [0.717, 1.165) is 0 Å². The summed E-state index contributed by atoms with van der Waals surface area (Å²) in [6.45, 7) is 0. The summed E-state index contributed by atoms with van der Waals surface area (Å²) in [5.74, 6) is 0. The number of nitrogens with two attached hydrogens (primary N) is 1. The van der Waals surface area contributed by atoms with Crippen LogP contribution in [-0.4, -0.2) is 0 Å². The van der Waals surface area contributed by atoms with Crippen molar-refractivity contribution >= 4 is 8.61 Å². The molecule has 4 heavy (non-hydrogen) atoms. The monoisotopic (exact) mass is 168 g/mol. The fourth-order valence-electron chi connectivity index (χ4n) is 0. The topological polar surface area (TPSA) is 43.1 Å². The molecule has 2 nitrogen and oxygen atoms in total. The van der Waals surface area contributed by atoms with Crippen molar-refractivity contribution in [1.82, 2.24) is 0 Å². The van der Waals surface area contributed by atoms with Gasteiger partial charge in [0.2, 0.25) is 0 Å². The number of hydrogen-bond acceptors (Lipinski definition) is 1. The molecule has 0 aliphatic heterocycles. The van der Waals surface area contributed by atoms with Crippen molar-refractivity contribution in [2.45, 2.75) is 0 Å². The van der Waals surface area contributed by atoms with Crippen molar-refractivity contribution in [3.63, 3.8) is 0 Å². The van der Waals surface area contributed by atoms with Gasteiger partial charge < -0.3 is 4.57 Å². The fraction of sp³-hybridized carbons (Fsp3) is 0. The summed E-state index contributed by atoms with van der Waals surface area (Å²) < 4.78 is 8.79. The standard InChI is InChI=1S/H4NOP.Rh/c1-3-2;/h3H2,(H2,1,2);. The third-order valence-corrected chi connectivity index (χ3v) is 0. The maximum Gasteiger partial charge on any atom is 0.121 e. The molecule has 0 aromatic heterocycles. The molecule has 0 aromatic carbocycles. The van der Waals surface area contributed by atoms with E-state index >= 15 is 0 Å². The van der Waals surface area contributed by atoms with Gasteiger partial charge in [-0.2, -0.15) is 0 Å². The smallest absolute Gasteiger partial charge is 0.121 e. The molecule has 2 N–H and O–H groups in total. The van der Waals surface area contributed by atoms with Gasteiger partial charge in [0.15, 0.2) is 0 Å². The minimum absolute atomic E-state index is 0. The van der Waals surface area contributed by atoms with E-state index in [-0.39, 0.29) is 19.5 Å². The van der Waals surface area contributed by atoms with Crippen molar-refractivity contribution < 1.29 is 24.0 Å². The van der Waals surface area contributed by atoms with Crippen molar-refractivity contribution in [3.8, 4) is 0 Å². The van der Waals surface area contributed by atoms with Gasteiger partial charge in [-0.25, -0.2) is 0 Å². The summed E-state index contributed by atoms with van der Waals surface area (Å²) in [5, 5.41) is 0. The summed E-state index contributed by atoms with van der Waals surface area (Å²) in [6, 6.07) is 0. The van der Waals surface area contributed by atoms with Crippen LogP contribution in [-0.2, 0) is 24.0 Å². The van der Waals surface area contributed by atoms with E-state index in [9.17, 15) is 0 Å². The molecular formula is H4NOPRh. The Labute approximate surface area is 38.8 Å². The van der Waals surface area contributed by atoms with Crippen molar-refractivity contribution in [3.05, 3.63) is 0 Å². The second-order valence-corrected chi connectivity index (χ2v) is 0.408. The maximum atomic E-state index is 8.79. The third-order valence-electron chi connectivity index (χ3n) is 0. The van der Waals surface area contributed by atoms with Gasteiger partial charge in [-0.3, -0.25) is 5.50 Å². The zero-order valence-electron chi connectivity index (χ0n) is 1.90. The van der Waals surface area contributed by atoms with E-state index in [1.54, 1.807) is 0 Å². The van der Waals surface area contributed by atoms with E-state index in [1.165, 1.54) is 0 Å². The summed E-state index contributed by atoms with van der Waals surface area (Å²) in [6.07, 6.45) is 0. The van der Waals surface area contributed by atoms with Gasteiger partial charge in [0, 0.05) is 19.5 Å². The van der Waals surface area contributed by atoms with E-state index in [0.29, 0.717) is 0 Å². The summed E-state index contributed by atoms with van der Waals surface area (Å²) in [7, 11) is -1.00. The zero-order chi connectivity index (χ0) is 2.71. The predicted octanol–water partition coefficient (Wildman–Crippen LogP) is -0.386. The molecule has 0 fully saturated rings. The van der Waals surface area contributed by atoms with Crippen LogP contribution < -0.4 is 5.50 Å². The quantitative estimate of drug-likeness (QED) is 0.395. The Hall–Kier alpha value is 0.813. The average molecular weight is 168 g/mol. The molecule has 0 rings (SSSR count). The van der Waals surface area contributed by atoms with E-state index < -0.39 is 8.61 Å². The van der Waals surface area contributed by atoms with Gasteiger partial charge in [0.25, 0.3) is 0 Å². The molecule has 0 aromatic rings. The zero-order valence-corrected chi connectivity index (χ0v) is 4.69. The molecule has 0 saturated heterocycles. The molecule has 1 atom stereocenters. The van der Waals surface area contributed by atoms with Crippen molar-refractivity contribution in [2.24, 2.45) is 5.50 Å². The third kappa shape index (κ3) is 14.0. The Morgan fingerprint density at radius 1 is 1.75 bits per heavy atom. The minimum Gasteiger partial charge on any atom is -0.314 e. The van der Waals surface area contributed by atoms with E-state index in [4.69, 9.17) is 4.57 Å². The Kier molecular flexibility index (Phi) is 20.3. The fourth-order valence-corrected chi connectivity index (χ4v) is 0. The Bertz CT molecular complexity index is 15.5.